The fraction of sp³-hybridized carbons (Fsp3) is 0.125. The average Bonchev–Trinajstić information content (AvgIpc) is 2.81. The summed E-state index contributed by atoms with van der Waals surface area (Å²) in [5, 5.41) is 4.51. The summed E-state index contributed by atoms with van der Waals surface area (Å²) >= 11 is 5.85. The third-order valence-corrected chi connectivity index (χ3v) is 4.53. The first kappa shape index (κ1) is 22.8. The fourth-order valence-corrected chi connectivity index (χ4v) is 2.89. The topological polar surface area (TPSA) is 86.2 Å². The number of nitrogens with zero attached hydrogens (tertiary/aromatic N) is 1. The molecule has 0 fully saturated rings. The van der Waals surface area contributed by atoms with Crippen LogP contribution in [0.5, 0.6) is 17.2 Å². The third kappa shape index (κ3) is 5.86. The van der Waals surface area contributed by atoms with Crippen molar-refractivity contribution in [3.8, 4) is 17.2 Å². The van der Waals surface area contributed by atoms with Crippen LogP contribution < -0.4 is 19.6 Å². The lowest BCUT2D eigenvalue weighted by Crippen LogP contribution is -2.18. The molecule has 3 aromatic carbocycles. The first-order valence-corrected chi connectivity index (χ1v) is 10.1. The predicted molar refractivity (Wildman–Crippen MR) is 122 cm³/mol. The molecule has 0 aliphatic rings. The Morgan fingerprint density at radius 1 is 1.00 bits per heavy atom. The predicted octanol–water partition coefficient (Wildman–Crippen LogP) is 4.73. The molecule has 1 N–H and O–H groups in total. The first-order chi connectivity index (χ1) is 15.5. The van der Waals surface area contributed by atoms with Crippen LogP contribution >= 0.6 is 11.6 Å². The van der Waals surface area contributed by atoms with E-state index in [2.05, 4.69) is 10.5 Å². The summed E-state index contributed by atoms with van der Waals surface area (Å²) in [6.45, 7) is 2.19. The molecule has 0 aliphatic heterocycles. The van der Waals surface area contributed by atoms with E-state index in [1.54, 1.807) is 66.7 Å². The van der Waals surface area contributed by atoms with Crippen molar-refractivity contribution in [3.05, 3.63) is 88.4 Å². The van der Waals surface area contributed by atoms with E-state index in [0.717, 1.165) is 0 Å². The van der Waals surface area contributed by atoms with Crippen LogP contribution in [-0.2, 0) is 0 Å². The lowest BCUT2D eigenvalue weighted by atomic mass is 10.2. The van der Waals surface area contributed by atoms with Gasteiger partial charge < -0.3 is 14.2 Å². The van der Waals surface area contributed by atoms with Crippen molar-refractivity contribution in [1.29, 1.82) is 0 Å². The molecule has 32 heavy (non-hydrogen) atoms. The van der Waals surface area contributed by atoms with Gasteiger partial charge in [-0.25, -0.2) is 10.2 Å². The van der Waals surface area contributed by atoms with Gasteiger partial charge in [-0.15, -0.1) is 0 Å². The lowest BCUT2D eigenvalue weighted by molar-refractivity contribution is 0.0728. The Morgan fingerprint density at radius 3 is 2.47 bits per heavy atom. The second kappa shape index (κ2) is 11.0. The average molecular weight is 453 g/mol. The Hall–Kier alpha value is -3.84. The molecule has 0 aliphatic carbocycles. The van der Waals surface area contributed by atoms with Gasteiger partial charge in [0.05, 0.1) is 31.1 Å². The first-order valence-electron chi connectivity index (χ1n) is 9.72. The molecule has 3 aromatic rings. The molecule has 0 saturated carbocycles. The second-order valence-corrected chi connectivity index (χ2v) is 6.87. The fourth-order valence-electron chi connectivity index (χ4n) is 2.76. The van der Waals surface area contributed by atoms with E-state index in [9.17, 15) is 9.59 Å². The Morgan fingerprint density at radius 2 is 1.75 bits per heavy atom. The number of hydrogen-bond donors (Lipinski definition) is 1. The molecule has 164 valence electrons. The number of halogens is 1. The molecule has 7 nitrogen and oxygen atoms in total. The minimum absolute atomic E-state index is 0.266. The number of carbonyl (C=O) groups excluding carboxylic acids is 2. The number of nitrogens with one attached hydrogen (secondary N) is 1. The number of carbonyl (C=O) groups is 2. The molecule has 0 aromatic heterocycles. The van der Waals surface area contributed by atoms with Gasteiger partial charge in [-0.1, -0.05) is 23.7 Å². The summed E-state index contributed by atoms with van der Waals surface area (Å²) < 4.78 is 16.2. The highest BCUT2D eigenvalue weighted by Crippen LogP contribution is 2.29. The van der Waals surface area contributed by atoms with Gasteiger partial charge in [-0.3, -0.25) is 4.79 Å². The SMILES string of the molecule is CCOc1cc(/C=N\NC(=O)c2ccccc2OC)ccc1OC(=O)c1ccc(Cl)cc1. The van der Waals surface area contributed by atoms with E-state index in [4.69, 9.17) is 25.8 Å². The van der Waals surface area contributed by atoms with Crippen LogP contribution in [0.15, 0.2) is 71.8 Å². The number of hydrogen-bond acceptors (Lipinski definition) is 6. The molecule has 0 unspecified atom stereocenters. The molecule has 0 atom stereocenters. The zero-order valence-electron chi connectivity index (χ0n) is 17.5. The normalized spacial score (nSPS) is 10.6. The van der Waals surface area contributed by atoms with Crippen LogP contribution in [0.2, 0.25) is 5.02 Å². The highest BCUT2D eigenvalue weighted by Gasteiger charge is 2.14. The number of methoxy groups -OCH3 is 1. The minimum Gasteiger partial charge on any atom is -0.496 e. The molecule has 0 bridgehead atoms. The van der Waals surface area contributed by atoms with E-state index in [-0.39, 0.29) is 5.75 Å². The molecule has 8 heteroatoms. The van der Waals surface area contributed by atoms with Gasteiger partial charge >= 0.3 is 5.97 Å². The molecule has 3 rings (SSSR count). The number of ether oxygens (including phenoxy) is 3. The number of hydrazone groups is 1. The van der Waals surface area contributed by atoms with E-state index < -0.39 is 11.9 Å². The van der Waals surface area contributed by atoms with Crippen molar-refractivity contribution in [3.63, 3.8) is 0 Å². The van der Waals surface area contributed by atoms with Crippen LogP contribution in [0.4, 0.5) is 0 Å². The van der Waals surface area contributed by atoms with Gasteiger partial charge in [-0.05, 0) is 67.1 Å². The third-order valence-electron chi connectivity index (χ3n) is 4.28. The summed E-state index contributed by atoms with van der Waals surface area (Å²) in [7, 11) is 1.49. The maximum absolute atomic E-state index is 12.4. The van der Waals surface area contributed by atoms with E-state index in [1.165, 1.54) is 13.3 Å². The van der Waals surface area contributed by atoms with Gasteiger partial charge in [0.2, 0.25) is 0 Å². The van der Waals surface area contributed by atoms with Crippen molar-refractivity contribution >= 4 is 29.7 Å². The van der Waals surface area contributed by atoms with Crippen molar-refractivity contribution in [2.45, 2.75) is 6.92 Å². The minimum atomic E-state index is -0.534. The molecular weight excluding hydrogens is 432 g/mol. The highest BCUT2D eigenvalue weighted by atomic mass is 35.5. The van der Waals surface area contributed by atoms with Gasteiger partial charge in [-0.2, -0.15) is 5.10 Å². The Bertz CT molecular complexity index is 1130. The Balaban J connectivity index is 1.71. The maximum Gasteiger partial charge on any atom is 0.343 e. The van der Waals surface area contributed by atoms with E-state index in [1.807, 2.05) is 6.92 Å². The summed E-state index contributed by atoms with van der Waals surface area (Å²) in [6.07, 6.45) is 1.46. The van der Waals surface area contributed by atoms with Crippen molar-refractivity contribution in [1.82, 2.24) is 5.43 Å². The zero-order valence-corrected chi connectivity index (χ0v) is 18.3. The molecule has 0 spiro atoms. The van der Waals surface area contributed by atoms with Gasteiger partial charge in [0.15, 0.2) is 11.5 Å². The Kier molecular flexibility index (Phi) is 7.83. The van der Waals surface area contributed by atoms with Crippen LogP contribution in [0.1, 0.15) is 33.2 Å². The number of esters is 1. The molecule has 0 saturated heterocycles. The van der Waals surface area contributed by atoms with Crippen LogP contribution in [-0.4, -0.2) is 31.8 Å². The van der Waals surface area contributed by atoms with Crippen molar-refractivity contribution in [2.75, 3.05) is 13.7 Å². The number of amides is 1. The summed E-state index contributed by atoms with van der Waals surface area (Å²) in [5.41, 5.74) is 3.83. The standard InChI is InChI=1S/C24H21ClN2O5/c1-3-31-22-14-16(15-26-27-23(28)19-6-4-5-7-20(19)30-2)8-13-21(22)32-24(29)17-9-11-18(25)12-10-17/h4-15H,3H2,1-2H3,(H,27,28)/b26-15-. The monoisotopic (exact) mass is 452 g/mol. The molecule has 1 amide bonds. The number of para-hydroxylation sites is 1. The smallest absolute Gasteiger partial charge is 0.343 e. The van der Waals surface area contributed by atoms with E-state index in [0.29, 0.717) is 39.8 Å². The van der Waals surface area contributed by atoms with Crippen LogP contribution in [0.25, 0.3) is 0 Å². The lowest BCUT2D eigenvalue weighted by Gasteiger charge is -2.11. The van der Waals surface area contributed by atoms with E-state index >= 15 is 0 Å². The van der Waals surface area contributed by atoms with Gasteiger partial charge in [0.1, 0.15) is 5.75 Å². The maximum atomic E-state index is 12.4. The molecular formula is C24H21ClN2O5. The van der Waals surface area contributed by atoms with Crippen molar-refractivity contribution in [2.24, 2.45) is 5.10 Å². The van der Waals surface area contributed by atoms with Crippen molar-refractivity contribution < 1.29 is 23.8 Å². The second-order valence-electron chi connectivity index (χ2n) is 6.44. The molecule has 0 heterocycles. The summed E-state index contributed by atoms with van der Waals surface area (Å²) in [5.74, 6) is 0.146. The largest absolute Gasteiger partial charge is 0.496 e. The summed E-state index contributed by atoms with van der Waals surface area (Å²) in [6, 6.07) is 18.2. The number of benzene rings is 3. The van der Waals surface area contributed by atoms with Gasteiger partial charge in [0.25, 0.3) is 5.91 Å². The number of rotatable bonds is 8. The highest BCUT2D eigenvalue weighted by molar-refractivity contribution is 6.30. The van der Waals surface area contributed by atoms with Crippen LogP contribution in [0.3, 0.4) is 0 Å². The summed E-state index contributed by atoms with van der Waals surface area (Å²) in [4.78, 5) is 24.7. The quantitative estimate of drug-likeness (QED) is 0.231. The Labute approximate surface area is 190 Å². The van der Waals surface area contributed by atoms with Crippen LogP contribution in [0, 0.1) is 0 Å². The van der Waals surface area contributed by atoms with Gasteiger partial charge in [0, 0.05) is 5.02 Å². The zero-order chi connectivity index (χ0) is 22.9. The molecule has 0 radical (unpaired) electrons.